The van der Waals surface area contributed by atoms with E-state index in [9.17, 15) is 15.1 Å². The van der Waals surface area contributed by atoms with E-state index >= 15 is 0 Å². The number of aliphatic hydroxyl groups is 1. The molecule has 0 saturated heterocycles. The van der Waals surface area contributed by atoms with Crippen LogP contribution in [0.3, 0.4) is 0 Å². The Bertz CT molecular complexity index is 1930. The fourth-order valence-corrected chi connectivity index (χ4v) is 13.0. The molecule has 54 heavy (non-hydrogen) atoms. The van der Waals surface area contributed by atoms with Gasteiger partial charge in [-0.3, -0.25) is 9.42 Å². The molecule has 0 amide bonds. The number of aliphatic hydroxyl groups excluding tert-OH is 1. The Morgan fingerprint density at radius 3 is 2.44 bits per heavy atom. The predicted octanol–water partition coefficient (Wildman–Crippen LogP) is 9.76. The van der Waals surface area contributed by atoms with Gasteiger partial charge in [-0.2, -0.15) is 0 Å². The van der Waals surface area contributed by atoms with Gasteiger partial charge in [0.25, 0.3) is 5.69 Å². The maximum atomic E-state index is 14.6. The molecule has 5 aliphatic carbocycles. The molecule has 290 valence electrons. The second-order valence-corrected chi connectivity index (χ2v) is 19.9. The Balaban J connectivity index is 1.02. The summed E-state index contributed by atoms with van der Waals surface area (Å²) in [6.07, 6.45) is 12.5. The summed E-state index contributed by atoms with van der Waals surface area (Å²) < 4.78 is 17.3. The number of rotatable bonds is 7. The average Bonchev–Trinajstić information content (AvgIpc) is 3.51. The minimum absolute atomic E-state index is 0.0186. The fraction of sp³-hybridized carbons (Fsp3) is 0.630. The lowest BCUT2D eigenvalue weighted by Crippen LogP contribution is -2.65. The number of esters is 1. The van der Waals surface area contributed by atoms with Gasteiger partial charge in [0.1, 0.15) is 12.4 Å². The smallest absolute Gasteiger partial charge is 0.313 e. The van der Waals surface area contributed by atoms with Gasteiger partial charge in [0.05, 0.1) is 11.5 Å². The van der Waals surface area contributed by atoms with Crippen molar-refractivity contribution in [2.45, 2.75) is 132 Å². The van der Waals surface area contributed by atoms with Crippen molar-refractivity contribution < 1.29 is 28.9 Å². The second kappa shape index (κ2) is 13.0. The lowest BCUT2D eigenvalue weighted by Gasteiger charge is -2.71. The van der Waals surface area contributed by atoms with E-state index in [-0.39, 0.29) is 64.0 Å². The molecular weight excluding hydrogens is 677 g/mol. The van der Waals surface area contributed by atoms with Crippen LogP contribution in [0.25, 0.3) is 11.3 Å². The van der Waals surface area contributed by atoms with E-state index < -0.39 is 5.41 Å². The van der Waals surface area contributed by atoms with E-state index in [0.717, 1.165) is 68.9 Å². The van der Waals surface area contributed by atoms with Crippen LogP contribution in [0, 0.1) is 55.5 Å². The van der Waals surface area contributed by atoms with Gasteiger partial charge in [-0.1, -0.05) is 103 Å². The molecule has 8 rings (SSSR count). The van der Waals surface area contributed by atoms with Gasteiger partial charge in [-0.25, -0.2) is 0 Å². The Kier molecular flexibility index (Phi) is 8.95. The zero-order valence-electron chi connectivity index (χ0n) is 33.5. The largest absolute Gasteiger partial charge is 0.485 e. The third kappa shape index (κ3) is 5.66. The van der Waals surface area contributed by atoms with Crippen molar-refractivity contribution in [2.24, 2.45) is 50.2 Å². The molecule has 4 saturated carbocycles. The fourth-order valence-electron chi connectivity index (χ4n) is 13.0. The molecule has 8 nitrogen and oxygen atoms in total. The highest BCUT2D eigenvalue weighted by Crippen LogP contribution is 2.75. The van der Waals surface area contributed by atoms with Gasteiger partial charge in [0.15, 0.2) is 6.61 Å². The number of fused-ring (bicyclic) bond motifs is 7. The first kappa shape index (κ1) is 37.3. The lowest BCUT2D eigenvalue weighted by molar-refractivity contribution is -0.808. The minimum Gasteiger partial charge on any atom is -0.485 e. The van der Waals surface area contributed by atoms with Gasteiger partial charge in [-0.15, -0.1) is 0 Å². The molecule has 0 aliphatic heterocycles. The summed E-state index contributed by atoms with van der Waals surface area (Å²) >= 11 is 0. The standard InChI is InChI=1S/C46H60N2O6/c1-41(2)22-24-46(40(50)53-28-30-12-11-15-32(26-30)52-29-35-39(47-54-48(35)51)31-13-9-8-10-14-31)25-23-44(6)33(34(46)27-41)16-17-37-43(5)20-19-38(49)42(3,4)36(43)18-21-45(37,44)7/h8-16,26,34,36-38,49H,17-25,27-29H2,1-7H3/t34-,36-,37+,38-,43-,44+,45+,46-/m0/s1. The molecule has 8 atom stereocenters. The first-order valence-corrected chi connectivity index (χ1v) is 20.5. The van der Waals surface area contributed by atoms with Crippen molar-refractivity contribution in [1.29, 1.82) is 0 Å². The van der Waals surface area contributed by atoms with Crippen LogP contribution in [0.1, 0.15) is 124 Å². The zero-order valence-corrected chi connectivity index (χ0v) is 33.5. The number of allylic oxidation sites excluding steroid dienone is 2. The Labute approximate surface area is 321 Å². The zero-order chi connectivity index (χ0) is 38.3. The van der Waals surface area contributed by atoms with Crippen LogP contribution in [0.5, 0.6) is 5.75 Å². The van der Waals surface area contributed by atoms with Crippen LogP contribution in [-0.4, -0.2) is 22.3 Å². The number of ether oxygens (including phenoxy) is 2. The highest BCUT2D eigenvalue weighted by atomic mass is 16.8. The molecular formula is C46H60N2O6. The highest BCUT2D eigenvalue weighted by Gasteiger charge is 2.69. The molecule has 3 aromatic rings. The normalized spacial score (nSPS) is 36.4. The van der Waals surface area contributed by atoms with Crippen LogP contribution in [-0.2, 0) is 22.7 Å². The van der Waals surface area contributed by atoms with Crippen molar-refractivity contribution >= 4 is 5.97 Å². The second-order valence-electron chi connectivity index (χ2n) is 19.9. The van der Waals surface area contributed by atoms with E-state index in [1.54, 1.807) is 0 Å². The van der Waals surface area contributed by atoms with Gasteiger partial charge >= 0.3 is 5.97 Å². The molecule has 1 heterocycles. The van der Waals surface area contributed by atoms with Crippen LogP contribution in [0.2, 0.25) is 0 Å². The predicted molar refractivity (Wildman–Crippen MR) is 207 cm³/mol. The van der Waals surface area contributed by atoms with Gasteiger partial charge in [0, 0.05) is 10.7 Å². The maximum Gasteiger partial charge on any atom is 0.313 e. The number of carbonyl (C=O) groups is 1. The highest BCUT2D eigenvalue weighted by molar-refractivity contribution is 5.79. The molecule has 0 unspecified atom stereocenters. The number of hydrogen-bond acceptors (Lipinski definition) is 7. The summed E-state index contributed by atoms with van der Waals surface area (Å²) in [4.78, 5) is 15.0. The molecule has 4 fully saturated rings. The maximum absolute atomic E-state index is 14.6. The average molecular weight is 737 g/mol. The van der Waals surface area contributed by atoms with Gasteiger partial charge in [-0.05, 0) is 132 Å². The number of carbonyl (C=O) groups excluding carboxylic acids is 1. The van der Waals surface area contributed by atoms with Crippen LogP contribution >= 0.6 is 0 Å². The molecule has 8 heteroatoms. The summed E-state index contributed by atoms with van der Waals surface area (Å²) in [5.74, 6) is 1.74. The summed E-state index contributed by atoms with van der Waals surface area (Å²) in [5, 5.41) is 27.5. The van der Waals surface area contributed by atoms with Crippen LogP contribution in [0.4, 0.5) is 0 Å². The molecule has 0 radical (unpaired) electrons. The Hall–Kier alpha value is -3.65. The van der Waals surface area contributed by atoms with E-state index in [0.29, 0.717) is 28.2 Å². The van der Waals surface area contributed by atoms with E-state index in [4.69, 9.17) is 14.1 Å². The molecule has 0 bridgehead atoms. The van der Waals surface area contributed by atoms with Gasteiger partial charge < -0.3 is 19.8 Å². The summed E-state index contributed by atoms with van der Waals surface area (Å²) in [7, 11) is 0. The SMILES string of the molecule is CC1(C)CC[C@]2(C(=O)OCc3cccc(OCc4c(-c5ccccc5)no[n+]4[O-])c3)CC[C@]3(C)C(=CC[C@@H]4[C@@]5(C)CC[C@H](O)C(C)(C)[C@@H]5CC[C@]43C)[C@@H]2C1. The summed E-state index contributed by atoms with van der Waals surface area (Å²) in [6.45, 7) is 17.2. The third-order valence-corrected chi connectivity index (χ3v) is 16.4. The molecule has 1 N–H and O–H groups in total. The van der Waals surface area contributed by atoms with Crippen molar-refractivity contribution in [3.63, 3.8) is 0 Å². The first-order valence-electron chi connectivity index (χ1n) is 20.5. The number of benzene rings is 2. The lowest BCUT2D eigenvalue weighted by atomic mass is 9.33. The van der Waals surface area contributed by atoms with Crippen LogP contribution < -0.4 is 9.64 Å². The quantitative estimate of drug-likeness (QED) is 0.146. The number of aromatic nitrogens is 2. The van der Waals surface area contributed by atoms with Crippen molar-refractivity contribution in [3.8, 4) is 17.0 Å². The van der Waals surface area contributed by atoms with E-state index in [2.05, 4.69) is 59.7 Å². The van der Waals surface area contributed by atoms with Crippen molar-refractivity contribution in [2.75, 3.05) is 0 Å². The van der Waals surface area contributed by atoms with Crippen LogP contribution in [0.15, 0.2) is 70.9 Å². The number of hydrogen-bond donors (Lipinski definition) is 1. The summed E-state index contributed by atoms with van der Waals surface area (Å²) in [5.41, 5.74) is 3.77. The van der Waals surface area contributed by atoms with E-state index in [1.807, 2.05) is 54.6 Å². The first-order chi connectivity index (χ1) is 25.5. The van der Waals surface area contributed by atoms with E-state index in [1.165, 1.54) is 12.0 Å². The van der Waals surface area contributed by atoms with Crippen molar-refractivity contribution in [1.82, 2.24) is 5.16 Å². The van der Waals surface area contributed by atoms with Gasteiger partial charge in [0.2, 0.25) is 5.69 Å². The molecule has 1 aromatic heterocycles. The number of nitrogens with zero attached hydrogens (tertiary/aromatic N) is 2. The van der Waals surface area contributed by atoms with Crippen molar-refractivity contribution in [3.05, 3.63) is 82.7 Å². The molecule has 0 spiro atoms. The topological polar surface area (TPSA) is 109 Å². The summed E-state index contributed by atoms with van der Waals surface area (Å²) in [6, 6.07) is 17.0. The third-order valence-electron chi connectivity index (χ3n) is 16.4. The minimum atomic E-state index is -0.528. The monoisotopic (exact) mass is 736 g/mol. The molecule has 2 aromatic carbocycles. The Morgan fingerprint density at radius 1 is 0.907 bits per heavy atom. The Morgan fingerprint density at radius 2 is 1.67 bits per heavy atom. The molecule has 5 aliphatic rings.